The van der Waals surface area contributed by atoms with E-state index in [-0.39, 0.29) is 30.8 Å². The Morgan fingerprint density at radius 3 is 2.14 bits per heavy atom. The maximum Gasteiger partial charge on any atom is 0.304 e. The predicted octanol–water partition coefficient (Wildman–Crippen LogP) is 3.92. The highest BCUT2D eigenvalue weighted by molar-refractivity contribution is 5.95. The Hall–Kier alpha value is -4.33. The molecule has 3 aromatic carbocycles. The standard InChI is InChI=1S/C28H29N3O5/c1-35-24-10-2-18(3-11-24)16-31-23(14-22(28(31)34)15-26(32)33)17-36-25-12-8-20(9-13-25)19-4-6-21(7-5-19)27(29)30/h2-13,22-23H,14-17H2,1H3,(H3,29,30)(H,32,33)/t22-,23-/m0/s1. The number of carbonyl (C=O) groups is 2. The van der Waals surface area contributed by atoms with Crippen LogP contribution in [0.1, 0.15) is 24.0 Å². The van der Waals surface area contributed by atoms with Gasteiger partial charge in [0.05, 0.1) is 25.5 Å². The Balaban J connectivity index is 1.43. The molecule has 1 amide bonds. The van der Waals surface area contributed by atoms with Crippen LogP contribution in [0.25, 0.3) is 11.1 Å². The van der Waals surface area contributed by atoms with Gasteiger partial charge in [0.2, 0.25) is 5.91 Å². The van der Waals surface area contributed by atoms with Crippen molar-refractivity contribution in [3.63, 3.8) is 0 Å². The molecule has 0 radical (unpaired) electrons. The van der Waals surface area contributed by atoms with Gasteiger partial charge in [-0.2, -0.15) is 0 Å². The lowest BCUT2D eigenvalue weighted by Gasteiger charge is -2.25. The van der Waals surface area contributed by atoms with Crippen molar-refractivity contribution < 1.29 is 24.2 Å². The summed E-state index contributed by atoms with van der Waals surface area (Å²) < 4.78 is 11.2. The first-order chi connectivity index (χ1) is 17.3. The molecule has 1 fully saturated rings. The van der Waals surface area contributed by atoms with Gasteiger partial charge in [0.15, 0.2) is 0 Å². The minimum absolute atomic E-state index is 0.0299. The summed E-state index contributed by atoms with van der Waals surface area (Å²) in [4.78, 5) is 26.0. The number of hydrogen-bond donors (Lipinski definition) is 3. The highest BCUT2D eigenvalue weighted by Crippen LogP contribution is 2.30. The van der Waals surface area contributed by atoms with Gasteiger partial charge in [-0.05, 0) is 47.4 Å². The number of nitrogen functional groups attached to an aromatic ring is 1. The van der Waals surface area contributed by atoms with Crippen LogP contribution in [-0.2, 0) is 16.1 Å². The van der Waals surface area contributed by atoms with E-state index < -0.39 is 11.9 Å². The van der Waals surface area contributed by atoms with E-state index in [2.05, 4.69) is 0 Å². The summed E-state index contributed by atoms with van der Waals surface area (Å²) >= 11 is 0. The van der Waals surface area contributed by atoms with E-state index in [1.54, 1.807) is 12.0 Å². The monoisotopic (exact) mass is 487 g/mol. The summed E-state index contributed by atoms with van der Waals surface area (Å²) in [6, 6.07) is 22.3. The van der Waals surface area contributed by atoms with E-state index in [1.807, 2.05) is 72.8 Å². The van der Waals surface area contributed by atoms with E-state index in [0.29, 0.717) is 24.3 Å². The molecule has 8 heteroatoms. The third-order valence-electron chi connectivity index (χ3n) is 6.39. The maximum absolute atomic E-state index is 13.0. The second-order valence-corrected chi connectivity index (χ2v) is 8.82. The van der Waals surface area contributed by atoms with Crippen LogP contribution >= 0.6 is 0 Å². The van der Waals surface area contributed by atoms with E-state index in [9.17, 15) is 14.7 Å². The molecule has 0 aromatic heterocycles. The first-order valence-electron chi connectivity index (χ1n) is 11.7. The number of hydrogen-bond acceptors (Lipinski definition) is 5. The van der Waals surface area contributed by atoms with Gasteiger partial charge in [0, 0.05) is 12.1 Å². The lowest BCUT2D eigenvalue weighted by molar-refractivity contribution is -0.142. The van der Waals surface area contributed by atoms with Gasteiger partial charge in [-0.25, -0.2) is 0 Å². The molecule has 0 aliphatic carbocycles. The average molecular weight is 488 g/mol. The summed E-state index contributed by atoms with van der Waals surface area (Å²) in [7, 11) is 1.60. The number of nitrogens with two attached hydrogens (primary N) is 1. The number of carboxylic acids is 1. The molecule has 1 aliphatic heterocycles. The minimum Gasteiger partial charge on any atom is -0.497 e. The zero-order valence-corrected chi connectivity index (χ0v) is 20.0. The zero-order valence-electron chi connectivity index (χ0n) is 20.0. The number of nitrogens with zero attached hydrogens (tertiary/aromatic N) is 1. The molecule has 1 saturated heterocycles. The zero-order chi connectivity index (χ0) is 25.7. The number of carboxylic acid groups (broad SMARTS) is 1. The second-order valence-electron chi connectivity index (χ2n) is 8.82. The van der Waals surface area contributed by atoms with Gasteiger partial charge < -0.3 is 25.2 Å². The summed E-state index contributed by atoms with van der Waals surface area (Å²) in [6.07, 6.45) is 0.243. The predicted molar refractivity (Wildman–Crippen MR) is 136 cm³/mol. The number of amidine groups is 1. The van der Waals surface area contributed by atoms with Crippen LogP contribution in [-0.4, -0.2) is 47.5 Å². The van der Waals surface area contributed by atoms with E-state index in [0.717, 1.165) is 22.4 Å². The molecule has 0 unspecified atom stereocenters. The van der Waals surface area contributed by atoms with Crippen molar-refractivity contribution in [1.29, 1.82) is 5.41 Å². The number of methoxy groups -OCH3 is 1. The van der Waals surface area contributed by atoms with Crippen LogP contribution in [0.3, 0.4) is 0 Å². The van der Waals surface area contributed by atoms with Crippen molar-refractivity contribution in [2.45, 2.75) is 25.4 Å². The van der Waals surface area contributed by atoms with Crippen LogP contribution in [0.15, 0.2) is 72.8 Å². The summed E-state index contributed by atoms with van der Waals surface area (Å²) in [5.41, 5.74) is 9.12. The van der Waals surface area contributed by atoms with Gasteiger partial charge in [-0.1, -0.05) is 48.5 Å². The quantitative estimate of drug-likeness (QED) is 0.294. The fourth-order valence-electron chi connectivity index (χ4n) is 4.42. The summed E-state index contributed by atoms with van der Waals surface area (Å²) in [6.45, 7) is 0.646. The van der Waals surface area contributed by atoms with Crippen molar-refractivity contribution >= 4 is 17.7 Å². The molecule has 0 bridgehead atoms. The summed E-state index contributed by atoms with van der Waals surface area (Å²) in [5, 5.41) is 16.8. The van der Waals surface area contributed by atoms with Crippen LogP contribution in [0.2, 0.25) is 0 Å². The van der Waals surface area contributed by atoms with E-state index >= 15 is 0 Å². The number of likely N-dealkylation sites (tertiary alicyclic amines) is 1. The number of benzene rings is 3. The van der Waals surface area contributed by atoms with Crippen molar-refractivity contribution in [3.05, 3.63) is 83.9 Å². The topological polar surface area (TPSA) is 126 Å². The average Bonchev–Trinajstić information content (AvgIpc) is 3.17. The fourth-order valence-corrected chi connectivity index (χ4v) is 4.42. The Morgan fingerprint density at radius 1 is 1.00 bits per heavy atom. The molecular weight excluding hydrogens is 458 g/mol. The molecular formula is C28H29N3O5. The van der Waals surface area contributed by atoms with E-state index in [1.165, 1.54) is 0 Å². The molecule has 2 atom stereocenters. The Bertz CT molecular complexity index is 1220. The molecule has 4 N–H and O–H groups in total. The Kier molecular flexibility index (Phi) is 7.53. The maximum atomic E-state index is 13.0. The minimum atomic E-state index is -0.980. The van der Waals surface area contributed by atoms with Crippen LogP contribution in [0.5, 0.6) is 11.5 Å². The van der Waals surface area contributed by atoms with Gasteiger partial charge >= 0.3 is 5.97 Å². The third-order valence-corrected chi connectivity index (χ3v) is 6.39. The number of ether oxygens (including phenoxy) is 2. The van der Waals surface area contributed by atoms with Gasteiger partial charge in [-0.3, -0.25) is 15.0 Å². The number of rotatable bonds is 10. The van der Waals surface area contributed by atoms with Gasteiger partial charge in [-0.15, -0.1) is 0 Å². The molecule has 3 aromatic rings. The van der Waals surface area contributed by atoms with Crippen LogP contribution < -0.4 is 15.2 Å². The highest BCUT2D eigenvalue weighted by Gasteiger charge is 2.40. The molecule has 0 saturated carbocycles. The molecule has 1 heterocycles. The number of carbonyl (C=O) groups excluding carboxylic acids is 1. The SMILES string of the molecule is COc1ccc(CN2C(=O)[C@H](CC(=O)O)C[C@H]2COc2ccc(-c3ccc(C(=N)N)cc3)cc2)cc1. The lowest BCUT2D eigenvalue weighted by Crippen LogP contribution is -2.37. The first-order valence-corrected chi connectivity index (χ1v) is 11.7. The first kappa shape index (κ1) is 24.8. The van der Waals surface area contributed by atoms with Gasteiger partial charge in [0.25, 0.3) is 0 Å². The van der Waals surface area contributed by atoms with Crippen LogP contribution in [0, 0.1) is 11.3 Å². The lowest BCUT2D eigenvalue weighted by atomic mass is 10.0. The van der Waals surface area contributed by atoms with Crippen molar-refractivity contribution in [2.75, 3.05) is 13.7 Å². The Labute approximate surface area is 209 Å². The normalized spacial score (nSPS) is 17.1. The Morgan fingerprint density at radius 2 is 1.58 bits per heavy atom. The van der Waals surface area contributed by atoms with Crippen LogP contribution in [0.4, 0.5) is 0 Å². The number of amides is 1. The third kappa shape index (κ3) is 5.83. The smallest absolute Gasteiger partial charge is 0.304 e. The fraction of sp³-hybridized carbons (Fsp3) is 0.250. The number of aliphatic carboxylic acids is 1. The molecule has 1 aliphatic rings. The largest absolute Gasteiger partial charge is 0.497 e. The van der Waals surface area contributed by atoms with Gasteiger partial charge in [0.1, 0.15) is 23.9 Å². The van der Waals surface area contributed by atoms with Crippen molar-refractivity contribution in [1.82, 2.24) is 4.90 Å². The molecule has 186 valence electrons. The molecule has 36 heavy (non-hydrogen) atoms. The second kappa shape index (κ2) is 10.9. The van der Waals surface area contributed by atoms with Crippen molar-refractivity contribution in [2.24, 2.45) is 11.7 Å². The molecule has 4 rings (SSSR count). The van der Waals surface area contributed by atoms with E-state index in [4.69, 9.17) is 20.6 Å². The molecule has 0 spiro atoms. The van der Waals surface area contributed by atoms with Crippen molar-refractivity contribution in [3.8, 4) is 22.6 Å². The highest BCUT2D eigenvalue weighted by atomic mass is 16.5. The molecule has 8 nitrogen and oxygen atoms in total. The summed E-state index contributed by atoms with van der Waals surface area (Å²) in [5.74, 6) is -0.277. The number of nitrogens with one attached hydrogen (secondary N) is 1.